The van der Waals surface area contributed by atoms with E-state index >= 15 is 0 Å². The van der Waals surface area contributed by atoms with Gasteiger partial charge in [-0.2, -0.15) is 0 Å². The average molecular weight is 249 g/mol. The number of carbonyl (C=O) groups is 2. The molecule has 1 rings (SSSR count). The minimum atomic E-state index is -0.703. The van der Waals surface area contributed by atoms with E-state index in [0.717, 1.165) is 5.56 Å². The highest BCUT2D eigenvalue weighted by atomic mass is 16.2. The van der Waals surface area contributed by atoms with Crippen LogP contribution in [-0.2, 0) is 9.59 Å². The SMILES string of the molecule is Cc1ccc(NC(=O)C(=O)NCC(C)C)c(N)c1. The molecule has 0 aromatic heterocycles. The summed E-state index contributed by atoms with van der Waals surface area (Å²) < 4.78 is 0. The second kappa shape index (κ2) is 6.05. The van der Waals surface area contributed by atoms with Gasteiger partial charge in [0.1, 0.15) is 0 Å². The fraction of sp³-hybridized carbons (Fsp3) is 0.385. The molecule has 18 heavy (non-hydrogen) atoms. The predicted octanol–water partition coefficient (Wildman–Crippen LogP) is 1.29. The number of benzene rings is 1. The highest BCUT2D eigenvalue weighted by Crippen LogP contribution is 2.19. The van der Waals surface area contributed by atoms with E-state index in [2.05, 4.69) is 10.6 Å². The minimum absolute atomic E-state index is 0.297. The highest BCUT2D eigenvalue weighted by molar-refractivity contribution is 6.39. The maximum absolute atomic E-state index is 11.6. The summed E-state index contributed by atoms with van der Waals surface area (Å²) in [5, 5.41) is 5.03. The molecule has 0 saturated heterocycles. The summed E-state index contributed by atoms with van der Waals surface area (Å²) in [5.41, 5.74) is 7.63. The number of hydrogen-bond acceptors (Lipinski definition) is 3. The summed E-state index contributed by atoms with van der Waals surface area (Å²) in [5.74, 6) is -1.05. The molecule has 0 unspecified atom stereocenters. The zero-order valence-corrected chi connectivity index (χ0v) is 10.9. The lowest BCUT2D eigenvalue weighted by Crippen LogP contribution is -2.37. The van der Waals surface area contributed by atoms with Crippen LogP contribution in [0.1, 0.15) is 19.4 Å². The molecule has 5 nitrogen and oxygen atoms in total. The minimum Gasteiger partial charge on any atom is -0.397 e. The molecule has 1 aromatic rings. The number of hydrogen-bond donors (Lipinski definition) is 3. The van der Waals surface area contributed by atoms with Crippen molar-refractivity contribution in [1.29, 1.82) is 0 Å². The van der Waals surface area contributed by atoms with Crippen molar-refractivity contribution in [3.05, 3.63) is 23.8 Å². The van der Waals surface area contributed by atoms with Crippen molar-refractivity contribution in [3.8, 4) is 0 Å². The fourth-order valence-electron chi connectivity index (χ4n) is 1.35. The van der Waals surface area contributed by atoms with Gasteiger partial charge < -0.3 is 16.4 Å². The number of carbonyl (C=O) groups excluding carboxylic acids is 2. The van der Waals surface area contributed by atoms with Crippen molar-refractivity contribution in [3.63, 3.8) is 0 Å². The molecule has 0 aliphatic rings. The van der Waals surface area contributed by atoms with Gasteiger partial charge in [0.2, 0.25) is 0 Å². The number of nitrogens with one attached hydrogen (secondary N) is 2. The first-order valence-electron chi connectivity index (χ1n) is 5.85. The molecule has 0 atom stereocenters. The van der Waals surface area contributed by atoms with Crippen LogP contribution in [0.2, 0.25) is 0 Å². The van der Waals surface area contributed by atoms with Gasteiger partial charge in [0.15, 0.2) is 0 Å². The Bertz CT molecular complexity index is 456. The Morgan fingerprint density at radius 3 is 2.50 bits per heavy atom. The molecule has 4 N–H and O–H groups in total. The van der Waals surface area contributed by atoms with Crippen LogP contribution < -0.4 is 16.4 Å². The third-order valence-electron chi connectivity index (χ3n) is 2.33. The van der Waals surface area contributed by atoms with Crippen LogP contribution in [0.4, 0.5) is 11.4 Å². The first kappa shape index (κ1) is 14.0. The van der Waals surface area contributed by atoms with Crippen LogP contribution in [0, 0.1) is 12.8 Å². The molecule has 1 aromatic carbocycles. The number of rotatable bonds is 3. The van der Waals surface area contributed by atoms with E-state index in [9.17, 15) is 9.59 Å². The molecule has 0 bridgehead atoms. The van der Waals surface area contributed by atoms with Gasteiger partial charge in [0.25, 0.3) is 0 Å². The van der Waals surface area contributed by atoms with Gasteiger partial charge in [-0.3, -0.25) is 9.59 Å². The third kappa shape index (κ3) is 4.08. The molecule has 0 fully saturated rings. The lowest BCUT2D eigenvalue weighted by atomic mass is 10.2. The molecule has 0 aliphatic carbocycles. The van der Waals surface area contributed by atoms with Crippen LogP contribution in [0.5, 0.6) is 0 Å². The van der Waals surface area contributed by atoms with E-state index in [1.807, 2.05) is 26.8 Å². The molecular weight excluding hydrogens is 230 g/mol. The zero-order chi connectivity index (χ0) is 13.7. The Kier molecular flexibility index (Phi) is 4.71. The van der Waals surface area contributed by atoms with E-state index in [1.54, 1.807) is 12.1 Å². The Morgan fingerprint density at radius 1 is 1.28 bits per heavy atom. The van der Waals surface area contributed by atoms with Gasteiger partial charge in [-0.05, 0) is 30.5 Å². The topological polar surface area (TPSA) is 84.2 Å². The molecule has 0 heterocycles. The molecule has 0 aliphatic heterocycles. The van der Waals surface area contributed by atoms with Gasteiger partial charge in [-0.15, -0.1) is 0 Å². The van der Waals surface area contributed by atoms with Crippen molar-refractivity contribution in [1.82, 2.24) is 5.32 Å². The molecule has 98 valence electrons. The van der Waals surface area contributed by atoms with E-state index in [1.165, 1.54) is 0 Å². The quantitative estimate of drug-likeness (QED) is 0.557. The maximum atomic E-state index is 11.6. The Morgan fingerprint density at radius 2 is 1.94 bits per heavy atom. The van der Waals surface area contributed by atoms with E-state index in [0.29, 0.717) is 23.8 Å². The van der Waals surface area contributed by atoms with Gasteiger partial charge in [-0.1, -0.05) is 19.9 Å². The first-order valence-corrected chi connectivity index (χ1v) is 5.85. The number of amides is 2. The summed E-state index contributed by atoms with van der Waals surface area (Å²) in [6, 6.07) is 5.23. The number of aryl methyl sites for hydroxylation is 1. The maximum Gasteiger partial charge on any atom is 0.313 e. The normalized spacial score (nSPS) is 10.2. The Balaban J connectivity index is 2.61. The summed E-state index contributed by atoms with van der Waals surface area (Å²) >= 11 is 0. The van der Waals surface area contributed by atoms with E-state index in [4.69, 9.17) is 5.73 Å². The Hall–Kier alpha value is -2.04. The molecule has 0 radical (unpaired) electrons. The summed E-state index contributed by atoms with van der Waals surface area (Å²) in [4.78, 5) is 23.0. The van der Waals surface area contributed by atoms with Crippen LogP contribution in [0.15, 0.2) is 18.2 Å². The van der Waals surface area contributed by atoms with Gasteiger partial charge in [0.05, 0.1) is 11.4 Å². The second-order valence-electron chi connectivity index (χ2n) is 4.65. The predicted molar refractivity (Wildman–Crippen MR) is 72.1 cm³/mol. The molecule has 2 amide bonds. The van der Waals surface area contributed by atoms with Crippen LogP contribution in [0.3, 0.4) is 0 Å². The van der Waals surface area contributed by atoms with Crippen LogP contribution >= 0.6 is 0 Å². The van der Waals surface area contributed by atoms with Crippen molar-refractivity contribution in [2.45, 2.75) is 20.8 Å². The monoisotopic (exact) mass is 249 g/mol. The standard InChI is InChI=1S/C13H19N3O2/c1-8(2)7-15-12(17)13(18)16-11-5-4-9(3)6-10(11)14/h4-6,8H,7,14H2,1-3H3,(H,15,17)(H,16,18). The number of nitrogen functional groups attached to an aromatic ring is 1. The smallest absolute Gasteiger partial charge is 0.313 e. The average Bonchev–Trinajstić information content (AvgIpc) is 2.29. The summed E-state index contributed by atoms with van der Waals surface area (Å²) in [6.07, 6.45) is 0. The van der Waals surface area contributed by atoms with Gasteiger partial charge in [-0.25, -0.2) is 0 Å². The van der Waals surface area contributed by atoms with Gasteiger partial charge in [0, 0.05) is 6.54 Å². The molecular formula is C13H19N3O2. The largest absolute Gasteiger partial charge is 0.397 e. The van der Waals surface area contributed by atoms with Crippen molar-refractivity contribution in [2.75, 3.05) is 17.6 Å². The van der Waals surface area contributed by atoms with Gasteiger partial charge >= 0.3 is 11.8 Å². The van der Waals surface area contributed by atoms with Crippen molar-refractivity contribution in [2.24, 2.45) is 5.92 Å². The van der Waals surface area contributed by atoms with Crippen LogP contribution in [0.25, 0.3) is 0 Å². The summed E-state index contributed by atoms with van der Waals surface area (Å²) in [6.45, 7) is 6.28. The van der Waals surface area contributed by atoms with Crippen molar-refractivity contribution >= 4 is 23.2 Å². The third-order valence-corrected chi connectivity index (χ3v) is 2.33. The molecule has 0 spiro atoms. The number of anilines is 2. The second-order valence-corrected chi connectivity index (χ2v) is 4.65. The first-order chi connectivity index (χ1) is 8.40. The van der Waals surface area contributed by atoms with Crippen molar-refractivity contribution < 1.29 is 9.59 Å². The van der Waals surface area contributed by atoms with Crippen LogP contribution in [-0.4, -0.2) is 18.4 Å². The lowest BCUT2D eigenvalue weighted by Gasteiger charge is -2.10. The lowest BCUT2D eigenvalue weighted by molar-refractivity contribution is -0.136. The highest BCUT2D eigenvalue weighted by Gasteiger charge is 2.14. The van der Waals surface area contributed by atoms with E-state index < -0.39 is 11.8 Å². The van der Waals surface area contributed by atoms with E-state index in [-0.39, 0.29) is 0 Å². The summed E-state index contributed by atoms with van der Waals surface area (Å²) in [7, 11) is 0. The fourth-order valence-corrected chi connectivity index (χ4v) is 1.35. The number of nitrogens with two attached hydrogens (primary N) is 1. The molecule has 5 heteroatoms. The Labute approximate surface area is 107 Å². The molecule has 0 saturated carbocycles. The zero-order valence-electron chi connectivity index (χ0n) is 10.9.